The van der Waals surface area contributed by atoms with E-state index in [2.05, 4.69) is 22.5 Å². The summed E-state index contributed by atoms with van der Waals surface area (Å²) in [4.78, 5) is 14.3. The highest BCUT2D eigenvalue weighted by molar-refractivity contribution is 6.30. The van der Waals surface area contributed by atoms with Crippen LogP contribution in [0, 0.1) is 0 Å². The number of rotatable bonds is 5. The van der Waals surface area contributed by atoms with Gasteiger partial charge in [-0.15, -0.1) is 0 Å². The van der Waals surface area contributed by atoms with Gasteiger partial charge in [0, 0.05) is 29.8 Å². The van der Waals surface area contributed by atoms with E-state index >= 15 is 0 Å². The number of carbonyl (C=O) groups is 1. The average Bonchev–Trinajstić information content (AvgIpc) is 2.45. The molecule has 0 aliphatic carbocycles. The molecular formula is C16H24ClN3O. The number of amides is 2. The third kappa shape index (κ3) is 5.56. The minimum Gasteiger partial charge on any atom is -0.338 e. The molecule has 0 saturated carbocycles. The van der Waals surface area contributed by atoms with Crippen molar-refractivity contribution in [1.82, 2.24) is 10.2 Å². The molecule has 0 aromatic heterocycles. The Morgan fingerprint density at radius 1 is 1.43 bits per heavy atom. The molecule has 0 bridgehead atoms. The zero-order valence-corrected chi connectivity index (χ0v) is 13.3. The van der Waals surface area contributed by atoms with Crippen LogP contribution in [0.15, 0.2) is 24.3 Å². The Hall–Kier alpha value is -1.26. The normalized spacial score (nSPS) is 19.2. The van der Waals surface area contributed by atoms with Crippen molar-refractivity contribution in [3.05, 3.63) is 29.3 Å². The predicted octanol–water partition coefficient (Wildman–Crippen LogP) is 3.73. The molecule has 1 aliphatic rings. The molecule has 1 aliphatic heterocycles. The highest BCUT2D eigenvalue weighted by Gasteiger charge is 2.17. The summed E-state index contributed by atoms with van der Waals surface area (Å²) < 4.78 is 0. The van der Waals surface area contributed by atoms with Crippen LogP contribution >= 0.6 is 11.6 Å². The Morgan fingerprint density at radius 2 is 2.29 bits per heavy atom. The zero-order chi connectivity index (χ0) is 15.1. The monoisotopic (exact) mass is 309 g/mol. The summed E-state index contributed by atoms with van der Waals surface area (Å²) in [6.07, 6.45) is 4.92. The highest BCUT2D eigenvalue weighted by Crippen LogP contribution is 2.16. The molecule has 2 amide bonds. The molecule has 2 rings (SSSR count). The van der Waals surface area contributed by atoms with Crippen molar-refractivity contribution in [2.24, 2.45) is 0 Å². The Kier molecular flexibility index (Phi) is 6.33. The lowest BCUT2D eigenvalue weighted by molar-refractivity contribution is 0.159. The van der Waals surface area contributed by atoms with E-state index in [0.717, 1.165) is 13.0 Å². The molecule has 2 N–H and O–H groups in total. The van der Waals surface area contributed by atoms with E-state index in [-0.39, 0.29) is 6.03 Å². The number of nitrogens with one attached hydrogen (secondary N) is 2. The van der Waals surface area contributed by atoms with Crippen LogP contribution in [0.3, 0.4) is 0 Å². The van der Waals surface area contributed by atoms with Crippen molar-refractivity contribution in [2.75, 3.05) is 25.0 Å². The first-order chi connectivity index (χ1) is 10.1. The molecule has 0 spiro atoms. The molecular weight excluding hydrogens is 286 g/mol. The van der Waals surface area contributed by atoms with Gasteiger partial charge >= 0.3 is 6.03 Å². The van der Waals surface area contributed by atoms with Gasteiger partial charge in [-0.3, -0.25) is 0 Å². The molecule has 0 radical (unpaired) electrons. The lowest BCUT2D eigenvalue weighted by Gasteiger charge is -2.33. The van der Waals surface area contributed by atoms with E-state index in [1.165, 1.54) is 25.8 Å². The van der Waals surface area contributed by atoms with E-state index in [0.29, 0.717) is 23.3 Å². The minimum atomic E-state index is -0.177. The summed E-state index contributed by atoms with van der Waals surface area (Å²) in [5.74, 6) is 0. The molecule has 1 heterocycles. The third-order valence-electron chi connectivity index (χ3n) is 3.93. The number of benzene rings is 1. The first-order valence-corrected chi connectivity index (χ1v) is 8.07. The molecule has 4 nitrogen and oxygen atoms in total. The first-order valence-electron chi connectivity index (χ1n) is 7.69. The Balaban J connectivity index is 1.63. The lowest BCUT2D eigenvalue weighted by atomic mass is 10.0. The Labute approximate surface area is 131 Å². The quantitative estimate of drug-likeness (QED) is 0.814. The van der Waals surface area contributed by atoms with Gasteiger partial charge in [0.1, 0.15) is 0 Å². The van der Waals surface area contributed by atoms with Gasteiger partial charge in [0.15, 0.2) is 0 Å². The number of urea groups is 1. The van der Waals surface area contributed by atoms with E-state index in [9.17, 15) is 4.79 Å². The smallest absolute Gasteiger partial charge is 0.319 e. The van der Waals surface area contributed by atoms with Crippen molar-refractivity contribution in [1.29, 1.82) is 0 Å². The van der Waals surface area contributed by atoms with E-state index in [1.54, 1.807) is 12.1 Å². The maximum atomic E-state index is 11.8. The van der Waals surface area contributed by atoms with Crippen LogP contribution in [0.5, 0.6) is 0 Å². The maximum Gasteiger partial charge on any atom is 0.319 e. The number of piperidine rings is 1. The maximum absolute atomic E-state index is 11.8. The third-order valence-corrected chi connectivity index (χ3v) is 4.17. The van der Waals surface area contributed by atoms with Crippen molar-refractivity contribution in [3.63, 3.8) is 0 Å². The zero-order valence-electron chi connectivity index (χ0n) is 12.6. The second-order valence-electron chi connectivity index (χ2n) is 5.63. The fourth-order valence-corrected chi connectivity index (χ4v) is 2.91. The van der Waals surface area contributed by atoms with Crippen LogP contribution in [0.2, 0.25) is 5.02 Å². The number of carbonyl (C=O) groups excluding carboxylic acids is 1. The molecule has 5 heteroatoms. The summed E-state index contributed by atoms with van der Waals surface area (Å²) in [6.45, 7) is 5.22. The van der Waals surface area contributed by atoms with Crippen molar-refractivity contribution < 1.29 is 4.79 Å². The first kappa shape index (κ1) is 16.1. The Morgan fingerprint density at radius 3 is 3.05 bits per heavy atom. The predicted molar refractivity (Wildman–Crippen MR) is 88.0 cm³/mol. The number of nitrogens with zero attached hydrogens (tertiary/aromatic N) is 1. The standard InChI is InChI=1S/C16H24ClN3O/c1-13-6-2-3-10-20(13)11-5-9-18-16(21)19-15-8-4-7-14(17)12-15/h4,7-8,12-13H,2-3,5-6,9-11H2,1H3,(H2,18,19,21)/t13-/m1/s1. The van der Waals surface area contributed by atoms with Gasteiger partial charge in [-0.2, -0.15) is 0 Å². The van der Waals surface area contributed by atoms with Crippen LogP contribution in [0.4, 0.5) is 10.5 Å². The lowest BCUT2D eigenvalue weighted by Crippen LogP contribution is -2.39. The summed E-state index contributed by atoms with van der Waals surface area (Å²) in [5, 5.41) is 6.28. The molecule has 1 saturated heterocycles. The fourth-order valence-electron chi connectivity index (χ4n) is 2.72. The van der Waals surface area contributed by atoms with Crippen molar-refractivity contribution in [2.45, 2.75) is 38.6 Å². The number of anilines is 1. The molecule has 1 fully saturated rings. The van der Waals surface area contributed by atoms with Crippen molar-refractivity contribution in [3.8, 4) is 0 Å². The topological polar surface area (TPSA) is 44.4 Å². The van der Waals surface area contributed by atoms with Crippen LogP contribution in [0.25, 0.3) is 0 Å². The summed E-state index contributed by atoms with van der Waals surface area (Å²) in [7, 11) is 0. The number of hydrogen-bond acceptors (Lipinski definition) is 2. The van der Waals surface area contributed by atoms with Gasteiger partial charge in [-0.05, 0) is 50.9 Å². The molecule has 1 atom stereocenters. The molecule has 21 heavy (non-hydrogen) atoms. The van der Waals surface area contributed by atoms with Crippen LogP contribution < -0.4 is 10.6 Å². The van der Waals surface area contributed by atoms with Gasteiger partial charge < -0.3 is 15.5 Å². The molecule has 116 valence electrons. The minimum absolute atomic E-state index is 0.177. The van der Waals surface area contributed by atoms with Crippen molar-refractivity contribution >= 4 is 23.3 Å². The average molecular weight is 310 g/mol. The number of likely N-dealkylation sites (tertiary alicyclic amines) is 1. The van der Waals surface area contributed by atoms with Crippen LogP contribution in [-0.4, -0.2) is 36.6 Å². The molecule has 1 aromatic carbocycles. The molecule has 0 unspecified atom stereocenters. The number of halogens is 1. The Bertz CT molecular complexity index is 467. The second-order valence-corrected chi connectivity index (χ2v) is 6.06. The fraction of sp³-hybridized carbons (Fsp3) is 0.562. The number of hydrogen-bond donors (Lipinski definition) is 2. The van der Waals surface area contributed by atoms with E-state index in [4.69, 9.17) is 11.6 Å². The highest BCUT2D eigenvalue weighted by atomic mass is 35.5. The van der Waals surface area contributed by atoms with Gasteiger partial charge in [0.25, 0.3) is 0 Å². The second kappa shape index (κ2) is 8.25. The van der Waals surface area contributed by atoms with Gasteiger partial charge in [0.2, 0.25) is 0 Å². The molecule has 1 aromatic rings. The summed E-state index contributed by atoms with van der Waals surface area (Å²) in [5.41, 5.74) is 0.713. The van der Waals surface area contributed by atoms with E-state index < -0.39 is 0 Å². The SMILES string of the molecule is C[C@@H]1CCCCN1CCCNC(=O)Nc1cccc(Cl)c1. The van der Waals surface area contributed by atoms with E-state index in [1.807, 2.05) is 12.1 Å². The van der Waals surface area contributed by atoms with Gasteiger partial charge in [-0.1, -0.05) is 24.1 Å². The van der Waals surface area contributed by atoms with Crippen LogP contribution in [-0.2, 0) is 0 Å². The summed E-state index contributed by atoms with van der Waals surface area (Å²) in [6, 6.07) is 7.65. The largest absolute Gasteiger partial charge is 0.338 e. The van der Waals surface area contributed by atoms with Crippen LogP contribution in [0.1, 0.15) is 32.6 Å². The summed E-state index contributed by atoms with van der Waals surface area (Å²) >= 11 is 5.88. The van der Waals surface area contributed by atoms with Gasteiger partial charge in [-0.25, -0.2) is 4.79 Å². The van der Waals surface area contributed by atoms with Gasteiger partial charge in [0.05, 0.1) is 0 Å².